The van der Waals surface area contributed by atoms with Crippen LogP contribution < -0.4 is 14.2 Å². The van der Waals surface area contributed by atoms with E-state index in [1.165, 1.54) is 33.5 Å². The zero-order valence-electron chi connectivity index (χ0n) is 10.6. The molecule has 0 atom stereocenters. The first-order valence-corrected chi connectivity index (χ1v) is 5.12. The van der Waals surface area contributed by atoms with Crippen LogP contribution in [0.1, 0.15) is 10.4 Å². The molecular formula is C13H12O6. The molecule has 0 heterocycles. The van der Waals surface area contributed by atoms with Gasteiger partial charge in [0.2, 0.25) is 11.5 Å². The molecule has 0 saturated heterocycles. The van der Waals surface area contributed by atoms with Crippen LogP contribution in [0.25, 0.3) is 0 Å². The maximum Gasteiger partial charge on any atom is 0.382 e. The molecule has 0 spiro atoms. The van der Waals surface area contributed by atoms with Crippen LogP contribution in [0.4, 0.5) is 0 Å². The third-order valence-corrected chi connectivity index (χ3v) is 2.21. The number of carbonyl (C=O) groups excluding carboxylic acids is 1. The Hall–Kier alpha value is -2.68. The van der Waals surface area contributed by atoms with Gasteiger partial charge in [-0.2, -0.15) is 0 Å². The summed E-state index contributed by atoms with van der Waals surface area (Å²) in [6.07, 6.45) is 0. The first-order valence-electron chi connectivity index (χ1n) is 5.12. The van der Waals surface area contributed by atoms with Gasteiger partial charge in [0.15, 0.2) is 11.5 Å². The Morgan fingerprint density at radius 3 is 1.89 bits per heavy atom. The monoisotopic (exact) mass is 264 g/mol. The lowest BCUT2D eigenvalue weighted by Crippen LogP contribution is -2.01. The number of rotatable bonds is 4. The molecule has 0 fully saturated rings. The van der Waals surface area contributed by atoms with E-state index in [-0.39, 0.29) is 5.56 Å². The van der Waals surface area contributed by atoms with E-state index in [0.717, 1.165) is 0 Å². The van der Waals surface area contributed by atoms with E-state index in [1.807, 2.05) is 5.92 Å². The summed E-state index contributed by atoms with van der Waals surface area (Å²) in [6, 6.07) is 2.81. The van der Waals surface area contributed by atoms with Crippen molar-refractivity contribution in [3.05, 3.63) is 17.7 Å². The quantitative estimate of drug-likeness (QED) is 0.496. The molecule has 6 heteroatoms. The first kappa shape index (κ1) is 14.4. The van der Waals surface area contributed by atoms with Gasteiger partial charge in [-0.25, -0.2) is 4.79 Å². The van der Waals surface area contributed by atoms with E-state index in [1.54, 1.807) is 5.92 Å². The standard InChI is InChI=1S/C13H12O6/c1-17-10-6-8(9(14)4-5-12(15)16)7-11(18-2)13(10)19-3/h6-7H,1-3H3,(H,15,16). The number of carbonyl (C=O) groups is 2. The number of benzene rings is 1. The summed E-state index contributed by atoms with van der Waals surface area (Å²) in [5, 5.41) is 8.40. The van der Waals surface area contributed by atoms with Crippen molar-refractivity contribution in [2.75, 3.05) is 21.3 Å². The molecule has 0 radical (unpaired) electrons. The number of carboxylic acids is 1. The summed E-state index contributed by atoms with van der Waals surface area (Å²) in [7, 11) is 4.26. The van der Waals surface area contributed by atoms with E-state index in [0.29, 0.717) is 17.2 Å². The Labute approximate surface area is 109 Å². The molecule has 1 N–H and O–H groups in total. The third kappa shape index (κ3) is 3.39. The van der Waals surface area contributed by atoms with Crippen LogP contribution in [-0.4, -0.2) is 38.2 Å². The van der Waals surface area contributed by atoms with Crippen LogP contribution >= 0.6 is 0 Å². The van der Waals surface area contributed by atoms with Crippen molar-refractivity contribution >= 4 is 11.8 Å². The molecule has 0 aliphatic rings. The Kier molecular flexibility index (Phi) is 4.77. The molecule has 19 heavy (non-hydrogen) atoms. The Morgan fingerprint density at radius 2 is 1.53 bits per heavy atom. The molecule has 100 valence electrons. The maximum atomic E-state index is 11.7. The molecule has 0 aliphatic carbocycles. The van der Waals surface area contributed by atoms with Gasteiger partial charge < -0.3 is 19.3 Å². The lowest BCUT2D eigenvalue weighted by atomic mass is 10.1. The van der Waals surface area contributed by atoms with Gasteiger partial charge >= 0.3 is 5.97 Å². The highest BCUT2D eigenvalue weighted by atomic mass is 16.5. The minimum atomic E-state index is -1.37. The molecule has 1 rings (SSSR count). The average molecular weight is 264 g/mol. The van der Waals surface area contributed by atoms with Gasteiger partial charge in [-0.05, 0) is 18.1 Å². The minimum absolute atomic E-state index is 0.156. The molecule has 0 aromatic heterocycles. The summed E-state index contributed by atoms with van der Waals surface area (Å²) < 4.78 is 15.2. The summed E-state index contributed by atoms with van der Waals surface area (Å²) in [6.45, 7) is 0. The molecule has 0 saturated carbocycles. The van der Waals surface area contributed by atoms with E-state index in [4.69, 9.17) is 19.3 Å². The van der Waals surface area contributed by atoms with Crippen LogP contribution in [-0.2, 0) is 4.79 Å². The van der Waals surface area contributed by atoms with Gasteiger partial charge in [-0.15, -0.1) is 0 Å². The number of aliphatic carboxylic acids is 1. The van der Waals surface area contributed by atoms with Crippen molar-refractivity contribution in [3.8, 4) is 29.1 Å². The normalized spacial score (nSPS) is 9.00. The van der Waals surface area contributed by atoms with Crippen molar-refractivity contribution in [2.45, 2.75) is 0 Å². The SMILES string of the molecule is COc1cc(C(=O)C#CC(=O)O)cc(OC)c1OC. The van der Waals surface area contributed by atoms with Crippen LogP contribution in [0, 0.1) is 11.8 Å². The molecule has 1 aromatic carbocycles. The van der Waals surface area contributed by atoms with E-state index in [2.05, 4.69) is 0 Å². The summed E-state index contributed by atoms with van der Waals surface area (Å²) >= 11 is 0. The topological polar surface area (TPSA) is 82.1 Å². The van der Waals surface area contributed by atoms with Crippen molar-refractivity contribution in [1.82, 2.24) is 0 Å². The fraction of sp³-hybridized carbons (Fsp3) is 0.231. The predicted molar refractivity (Wildman–Crippen MR) is 65.8 cm³/mol. The second-order valence-corrected chi connectivity index (χ2v) is 3.30. The van der Waals surface area contributed by atoms with Crippen LogP contribution in [0.5, 0.6) is 17.2 Å². The number of methoxy groups -OCH3 is 3. The second-order valence-electron chi connectivity index (χ2n) is 3.30. The molecule has 6 nitrogen and oxygen atoms in total. The number of ether oxygens (including phenoxy) is 3. The summed E-state index contributed by atoms with van der Waals surface area (Å²) in [4.78, 5) is 22.0. The zero-order chi connectivity index (χ0) is 14.4. The average Bonchev–Trinajstić information content (AvgIpc) is 2.42. The zero-order valence-corrected chi connectivity index (χ0v) is 10.6. The van der Waals surface area contributed by atoms with E-state index >= 15 is 0 Å². The largest absolute Gasteiger partial charge is 0.493 e. The van der Waals surface area contributed by atoms with Gasteiger partial charge in [0, 0.05) is 11.5 Å². The number of Topliss-reactive ketones (excluding diaryl/α,β-unsaturated/α-hetero) is 1. The smallest absolute Gasteiger partial charge is 0.382 e. The van der Waals surface area contributed by atoms with E-state index < -0.39 is 11.8 Å². The van der Waals surface area contributed by atoms with Gasteiger partial charge in [-0.3, -0.25) is 4.79 Å². The van der Waals surface area contributed by atoms with Crippen molar-refractivity contribution in [1.29, 1.82) is 0 Å². The minimum Gasteiger partial charge on any atom is -0.493 e. The first-order chi connectivity index (χ1) is 9.03. The van der Waals surface area contributed by atoms with Crippen LogP contribution in [0.15, 0.2) is 12.1 Å². The van der Waals surface area contributed by atoms with Gasteiger partial charge in [0.1, 0.15) is 0 Å². The predicted octanol–water partition coefficient (Wildman–Crippen LogP) is 0.983. The second kappa shape index (κ2) is 6.31. The summed E-state index contributed by atoms with van der Waals surface area (Å²) in [5.41, 5.74) is 0.156. The molecule has 0 bridgehead atoms. The number of hydrogen-bond donors (Lipinski definition) is 1. The lowest BCUT2D eigenvalue weighted by molar-refractivity contribution is -0.130. The van der Waals surface area contributed by atoms with E-state index in [9.17, 15) is 9.59 Å². The number of ketones is 1. The number of carboxylic acid groups (broad SMARTS) is 1. The summed E-state index contributed by atoms with van der Waals surface area (Å²) in [5.74, 6) is 2.65. The maximum absolute atomic E-state index is 11.7. The van der Waals surface area contributed by atoms with Crippen molar-refractivity contribution in [3.63, 3.8) is 0 Å². The van der Waals surface area contributed by atoms with Crippen molar-refractivity contribution in [2.24, 2.45) is 0 Å². The highest BCUT2D eigenvalue weighted by molar-refractivity contribution is 6.12. The van der Waals surface area contributed by atoms with Gasteiger partial charge in [0.05, 0.1) is 21.3 Å². The third-order valence-electron chi connectivity index (χ3n) is 2.21. The number of hydrogen-bond acceptors (Lipinski definition) is 5. The molecular weight excluding hydrogens is 252 g/mol. The fourth-order valence-corrected chi connectivity index (χ4v) is 1.39. The Bertz CT molecular complexity index is 539. The van der Waals surface area contributed by atoms with Crippen LogP contribution in [0.3, 0.4) is 0 Å². The van der Waals surface area contributed by atoms with Gasteiger partial charge in [-0.1, -0.05) is 0 Å². The molecule has 0 unspecified atom stereocenters. The lowest BCUT2D eigenvalue weighted by Gasteiger charge is -2.12. The Balaban J connectivity index is 3.28. The Morgan fingerprint density at radius 1 is 1.00 bits per heavy atom. The molecule has 0 amide bonds. The highest BCUT2D eigenvalue weighted by Gasteiger charge is 2.16. The molecule has 1 aromatic rings. The van der Waals surface area contributed by atoms with Gasteiger partial charge in [0.25, 0.3) is 0 Å². The van der Waals surface area contributed by atoms with Crippen molar-refractivity contribution < 1.29 is 28.9 Å². The highest BCUT2D eigenvalue weighted by Crippen LogP contribution is 2.38. The van der Waals surface area contributed by atoms with Crippen LogP contribution in [0.2, 0.25) is 0 Å². The fourth-order valence-electron chi connectivity index (χ4n) is 1.39. The molecule has 0 aliphatic heterocycles.